The minimum atomic E-state index is -1.14. The van der Waals surface area contributed by atoms with Gasteiger partial charge in [-0.3, -0.25) is 24.0 Å². The van der Waals surface area contributed by atoms with E-state index in [0.717, 1.165) is 5.56 Å². The average Bonchev–Trinajstić information content (AvgIpc) is 3.43. The molecule has 4 atom stereocenters. The van der Waals surface area contributed by atoms with Crippen molar-refractivity contribution in [1.29, 1.82) is 0 Å². The molecule has 2 fully saturated rings. The molecule has 5 amide bonds. The molecule has 0 spiro atoms. The number of carbonyl (C=O) groups is 5. The third-order valence-corrected chi connectivity index (χ3v) is 7.78. The Morgan fingerprint density at radius 3 is 2.49 bits per heavy atom. The highest BCUT2D eigenvalue weighted by molar-refractivity contribution is 5.96. The highest BCUT2D eigenvalue weighted by atomic mass is 16.5. The van der Waals surface area contributed by atoms with Gasteiger partial charge in [-0.05, 0) is 31.5 Å². The van der Waals surface area contributed by atoms with E-state index in [2.05, 4.69) is 26.0 Å². The molecule has 3 N–H and O–H groups in total. The first-order valence-electron chi connectivity index (χ1n) is 14.7. The summed E-state index contributed by atoms with van der Waals surface area (Å²) in [6, 6.07) is 12.6. The fraction of sp³-hybridized carbons (Fsp3) is 0.387. The Bertz CT molecular complexity index is 1560. The van der Waals surface area contributed by atoms with Crippen LogP contribution < -0.4 is 16.0 Å². The van der Waals surface area contributed by atoms with Crippen molar-refractivity contribution in [2.45, 2.75) is 44.6 Å². The zero-order valence-electron chi connectivity index (χ0n) is 25.3. The number of nitrogens with zero attached hydrogens (tertiary/aromatic N) is 5. The normalized spacial score (nSPS) is 23.4. The lowest BCUT2D eigenvalue weighted by Gasteiger charge is -2.38. The number of likely N-dealkylation sites (N-methyl/N-ethyl adjacent to an activating group) is 1. The zero-order chi connectivity index (χ0) is 32.1. The summed E-state index contributed by atoms with van der Waals surface area (Å²) in [5.74, 6) is -1.92. The number of morpholine rings is 1. The van der Waals surface area contributed by atoms with Gasteiger partial charge in [0, 0.05) is 32.8 Å². The first-order chi connectivity index (χ1) is 21.6. The van der Waals surface area contributed by atoms with Gasteiger partial charge < -0.3 is 30.5 Å². The monoisotopic (exact) mass is 616 g/mol. The number of nitrogens with one attached hydrogen (secondary N) is 3. The number of fused-ring (bicyclic) bond motifs is 2. The van der Waals surface area contributed by atoms with Crippen LogP contribution in [0.3, 0.4) is 0 Å². The predicted molar refractivity (Wildman–Crippen MR) is 161 cm³/mol. The third kappa shape index (κ3) is 7.34. The number of benzene rings is 1. The van der Waals surface area contributed by atoms with E-state index in [4.69, 9.17) is 4.74 Å². The lowest BCUT2D eigenvalue weighted by atomic mass is 10.0. The SMILES string of the molecule is Cc1c(C(=O)N2C[C@@H]3CNC(=O)[C@@H](C)NC(=O)CN(C)C(=O)[C@@H](Cc4ccccc4)NC(=O)[C@@H](C2)O3)cnn1-c1ccccn1. The van der Waals surface area contributed by atoms with Crippen LogP contribution >= 0.6 is 0 Å². The number of carbonyl (C=O) groups excluding carboxylic acids is 5. The van der Waals surface area contributed by atoms with E-state index in [-0.39, 0.29) is 38.5 Å². The van der Waals surface area contributed by atoms with Crippen LogP contribution in [0.1, 0.15) is 28.5 Å². The number of pyridine rings is 1. The van der Waals surface area contributed by atoms with Gasteiger partial charge in [-0.1, -0.05) is 36.4 Å². The highest BCUT2D eigenvalue weighted by Gasteiger charge is 2.38. The highest BCUT2D eigenvalue weighted by Crippen LogP contribution is 2.19. The molecule has 0 aliphatic carbocycles. The molecule has 2 aliphatic heterocycles. The number of hydrogen-bond donors (Lipinski definition) is 3. The Balaban J connectivity index is 1.43. The molecule has 2 bridgehead atoms. The molecular weight excluding hydrogens is 580 g/mol. The van der Waals surface area contributed by atoms with E-state index in [1.165, 1.54) is 30.0 Å². The third-order valence-electron chi connectivity index (χ3n) is 7.78. The summed E-state index contributed by atoms with van der Waals surface area (Å²) in [7, 11) is 1.45. The Kier molecular flexibility index (Phi) is 9.52. The Morgan fingerprint density at radius 1 is 1.00 bits per heavy atom. The van der Waals surface area contributed by atoms with Crippen molar-refractivity contribution in [2.24, 2.45) is 0 Å². The van der Waals surface area contributed by atoms with Crippen molar-refractivity contribution in [3.8, 4) is 5.82 Å². The molecule has 236 valence electrons. The molecule has 2 aromatic heterocycles. The van der Waals surface area contributed by atoms with Crippen LogP contribution in [-0.4, -0.2) is 112 Å². The molecule has 14 heteroatoms. The number of rotatable bonds is 4. The van der Waals surface area contributed by atoms with Gasteiger partial charge in [0.15, 0.2) is 11.9 Å². The van der Waals surface area contributed by atoms with Crippen molar-refractivity contribution in [3.05, 3.63) is 77.7 Å². The van der Waals surface area contributed by atoms with Crippen LogP contribution in [0.5, 0.6) is 0 Å². The lowest BCUT2D eigenvalue weighted by molar-refractivity contribution is -0.148. The van der Waals surface area contributed by atoms with E-state index in [1.54, 1.807) is 29.9 Å². The summed E-state index contributed by atoms with van der Waals surface area (Å²) in [6.07, 6.45) is 1.35. The van der Waals surface area contributed by atoms with Gasteiger partial charge in [-0.2, -0.15) is 5.10 Å². The van der Waals surface area contributed by atoms with Crippen molar-refractivity contribution < 1.29 is 28.7 Å². The van der Waals surface area contributed by atoms with Crippen LogP contribution in [0.2, 0.25) is 0 Å². The minimum Gasteiger partial charge on any atom is -0.360 e. The maximum atomic E-state index is 13.8. The topological polar surface area (TPSA) is 168 Å². The summed E-state index contributed by atoms with van der Waals surface area (Å²) in [5, 5.41) is 12.5. The van der Waals surface area contributed by atoms with Crippen molar-refractivity contribution in [3.63, 3.8) is 0 Å². The number of hydrogen-bond acceptors (Lipinski definition) is 8. The van der Waals surface area contributed by atoms with E-state index in [1.807, 2.05) is 36.4 Å². The molecule has 2 aliphatic rings. The van der Waals surface area contributed by atoms with Gasteiger partial charge in [0.2, 0.25) is 17.7 Å². The van der Waals surface area contributed by atoms with Crippen LogP contribution in [0, 0.1) is 6.92 Å². The average molecular weight is 617 g/mol. The summed E-state index contributed by atoms with van der Waals surface area (Å²) in [5.41, 5.74) is 1.69. The number of amides is 5. The molecule has 1 aromatic carbocycles. The maximum absolute atomic E-state index is 13.8. The van der Waals surface area contributed by atoms with Crippen LogP contribution in [0.15, 0.2) is 60.9 Å². The van der Waals surface area contributed by atoms with Crippen molar-refractivity contribution in [1.82, 2.24) is 40.5 Å². The summed E-state index contributed by atoms with van der Waals surface area (Å²) in [6.45, 7) is 2.93. The van der Waals surface area contributed by atoms with E-state index < -0.39 is 47.9 Å². The molecule has 14 nitrogen and oxygen atoms in total. The fourth-order valence-electron chi connectivity index (χ4n) is 5.36. The standard InChI is InChI=1S/C31H36N8O6/c1-19-28(41)33-14-22-16-38(30(43)23-15-34-39(20(23)2)26-11-7-8-12-32-26)17-25(45-22)29(42)36-24(13-21-9-5-4-6-10-21)31(44)37(3)18-27(40)35-19/h4-12,15,19,22,24-25H,13-14,16-18H2,1-3H3,(H,33,41)(H,35,40)(H,36,42)/t19-,22+,24-,25-/m1/s1. The lowest BCUT2D eigenvalue weighted by Crippen LogP contribution is -2.59. The van der Waals surface area contributed by atoms with Crippen molar-refractivity contribution in [2.75, 3.05) is 33.2 Å². The number of aromatic nitrogens is 3. The zero-order valence-corrected chi connectivity index (χ0v) is 25.3. The largest absolute Gasteiger partial charge is 0.360 e. The second-order valence-corrected chi connectivity index (χ2v) is 11.2. The first kappa shape index (κ1) is 31.3. The van der Waals surface area contributed by atoms with Gasteiger partial charge >= 0.3 is 0 Å². The molecule has 0 unspecified atom stereocenters. The fourth-order valence-corrected chi connectivity index (χ4v) is 5.36. The molecule has 0 saturated carbocycles. The van der Waals surface area contributed by atoms with Crippen molar-refractivity contribution >= 4 is 29.5 Å². The quantitative estimate of drug-likeness (QED) is 0.356. The van der Waals surface area contributed by atoms with Gasteiger partial charge in [-0.25, -0.2) is 9.67 Å². The molecular formula is C31H36N8O6. The number of ether oxygens (including phenoxy) is 1. The van der Waals surface area contributed by atoms with Gasteiger partial charge in [-0.15, -0.1) is 0 Å². The first-order valence-corrected chi connectivity index (χ1v) is 14.7. The van der Waals surface area contributed by atoms with Crippen LogP contribution in [-0.2, 0) is 30.3 Å². The molecule has 5 rings (SSSR count). The van der Waals surface area contributed by atoms with Gasteiger partial charge in [0.25, 0.3) is 11.8 Å². The van der Waals surface area contributed by atoms with Crippen LogP contribution in [0.25, 0.3) is 5.82 Å². The Hall–Kier alpha value is -5.11. The predicted octanol–water partition coefficient (Wildman–Crippen LogP) is -0.394. The molecule has 4 heterocycles. The maximum Gasteiger partial charge on any atom is 0.257 e. The molecule has 3 aromatic rings. The van der Waals surface area contributed by atoms with E-state index in [9.17, 15) is 24.0 Å². The van der Waals surface area contributed by atoms with Gasteiger partial charge in [0.1, 0.15) is 12.1 Å². The summed E-state index contributed by atoms with van der Waals surface area (Å²) < 4.78 is 7.66. The minimum absolute atomic E-state index is 0.0228. The smallest absolute Gasteiger partial charge is 0.257 e. The molecule has 45 heavy (non-hydrogen) atoms. The second-order valence-electron chi connectivity index (χ2n) is 11.2. The summed E-state index contributed by atoms with van der Waals surface area (Å²) in [4.78, 5) is 73.6. The van der Waals surface area contributed by atoms with Gasteiger partial charge in [0.05, 0.1) is 36.6 Å². The second kappa shape index (κ2) is 13.7. The Labute approximate surface area is 260 Å². The molecule has 0 radical (unpaired) electrons. The summed E-state index contributed by atoms with van der Waals surface area (Å²) >= 11 is 0. The van der Waals surface area contributed by atoms with Crippen LogP contribution in [0.4, 0.5) is 0 Å². The Morgan fingerprint density at radius 2 is 1.76 bits per heavy atom. The van der Waals surface area contributed by atoms with E-state index >= 15 is 0 Å². The van der Waals surface area contributed by atoms with E-state index in [0.29, 0.717) is 17.1 Å². The molecule has 2 saturated heterocycles.